The number of hydrogen-bond donors (Lipinski definition) is 1. The van der Waals surface area contributed by atoms with E-state index in [0.717, 1.165) is 44.0 Å². The van der Waals surface area contributed by atoms with E-state index in [9.17, 15) is 0 Å². The molecule has 5 nitrogen and oxygen atoms in total. The predicted molar refractivity (Wildman–Crippen MR) is 95.8 cm³/mol. The normalized spacial score (nSPS) is 19.0. The molecule has 0 unspecified atom stereocenters. The molecule has 2 aliphatic carbocycles. The van der Waals surface area contributed by atoms with Crippen LogP contribution in [0.3, 0.4) is 0 Å². The van der Waals surface area contributed by atoms with Crippen molar-refractivity contribution in [2.75, 3.05) is 6.54 Å². The van der Waals surface area contributed by atoms with Gasteiger partial charge in [0.15, 0.2) is 5.82 Å². The first-order valence-corrected chi connectivity index (χ1v) is 8.64. The SMILES string of the molecule is CCN(Cc1ccc(-c2nc(C3(N)CCC3)no2)cc1)C1CC1.Cl. The molecule has 0 aliphatic heterocycles. The third-order valence-corrected chi connectivity index (χ3v) is 5.17. The van der Waals surface area contributed by atoms with Gasteiger partial charge in [0.2, 0.25) is 0 Å². The minimum absolute atomic E-state index is 0. The molecular formula is C18H25ClN4O. The van der Waals surface area contributed by atoms with Crippen LogP contribution in [0.1, 0.15) is 50.4 Å². The van der Waals surface area contributed by atoms with E-state index in [4.69, 9.17) is 10.3 Å². The van der Waals surface area contributed by atoms with Crippen LogP contribution in [0.15, 0.2) is 28.8 Å². The molecule has 130 valence electrons. The van der Waals surface area contributed by atoms with Crippen molar-refractivity contribution in [1.29, 1.82) is 0 Å². The standard InChI is InChI=1S/C18H24N4O.ClH/c1-2-22(15-8-9-15)12-13-4-6-14(7-5-13)16-20-17(21-23-16)18(19)10-3-11-18;/h4-7,15H,2-3,8-12,19H2,1H3;1H. The van der Waals surface area contributed by atoms with E-state index in [1.807, 2.05) is 0 Å². The number of halogens is 1. The van der Waals surface area contributed by atoms with Crippen LogP contribution in [0.5, 0.6) is 0 Å². The summed E-state index contributed by atoms with van der Waals surface area (Å²) in [5, 5.41) is 4.08. The second kappa shape index (κ2) is 6.82. The van der Waals surface area contributed by atoms with Gasteiger partial charge in [-0.3, -0.25) is 4.90 Å². The second-order valence-electron chi connectivity index (χ2n) is 6.92. The van der Waals surface area contributed by atoms with Gasteiger partial charge in [-0.2, -0.15) is 4.98 Å². The van der Waals surface area contributed by atoms with E-state index in [1.54, 1.807) is 0 Å². The van der Waals surface area contributed by atoms with Crippen LogP contribution in [0.25, 0.3) is 11.5 Å². The lowest BCUT2D eigenvalue weighted by molar-refractivity contribution is 0.229. The summed E-state index contributed by atoms with van der Waals surface area (Å²) in [4.78, 5) is 7.04. The van der Waals surface area contributed by atoms with Gasteiger partial charge in [-0.05, 0) is 56.3 Å². The Bertz CT molecular complexity index is 677. The van der Waals surface area contributed by atoms with E-state index in [1.165, 1.54) is 18.4 Å². The van der Waals surface area contributed by atoms with E-state index < -0.39 is 0 Å². The van der Waals surface area contributed by atoms with Crippen LogP contribution in [-0.2, 0) is 12.1 Å². The second-order valence-corrected chi connectivity index (χ2v) is 6.92. The highest BCUT2D eigenvalue weighted by molar-refractivity contribution is 5.85. The summed E-state index contributed by atoms with van der Waals surface area (Å²) in [6.07, 6.45) is 5.72. The Morgan fingerprint density at radius 2 is 1.96 bits per heavy atom. The fourth-order valence-electron chi connectivity index (χ4n) is 3.25. The molecule has 0 atom stereocenters. The van der Waals surface area contributed by atoms with Crippen molar-refractivity contribution < 1.29 is 4.52 Å². The van der Waals surface area contributed by atoms with Gasteiger partial charge in [0.1, 0.15) is 0 Å². The van der Waals surface area contributed by atoms with Gasteiger partial charge in [-0.15, -0.1) is 12.4 Å². The molecule has 2 aromatic rings. The summed E-state index contributed by atoms with van der Waals surface area (Å²) in [6, 6.07) is 9.24. The smallest absolute Gasteiger partial charge is 0.257 e. The van der Waals surface area contributed by atoms with Crippen LogP contribution in [0, 0.1) is 0 Å². The quantitative estimate of drug-likeness (QED) is 0.865. The highest BCUT2D eigenvalue weighted by atomic mass is 35.5. The minimum atomic E-state index is -0.367. The number of benzene rings is 1. The number of hydrogen-bond acceptors (Lipinski definition) is 5. The van der Waals surface area contributed by atoms with E-state index in [-0.39, 0.29) is 17.9 Å². The Morgan fingerprint density at radius 3 is 2.50 bits per heavy atom. The van der Waals surface area contributed by atoms with Crippen LogP contribution in [0.2, 0.25) is 0 Å². The summed E-state index contributed by atoms with van der Waals surface area (Å²) in [5.74, 6) is 1.21. The molecule has 0 saturated heterocycles. The van der Waals surface area contributed by atoms with Crippen LogP contribution >= 0.6 is 12.4 Å². The summed E-state index contributed by atoms with van der Waals surface area (Å²) in [5.41, 5.74) is 8.18. The van der Waals surface area contributed by atoms with Crippen LogP contribution in [0.4, 0.5) is 0 Å². The summed E-state index contributed by atoms with van der Waals surface area (Å²) < 4.78 is 5.41. The average Bonchev–Trinajstić information content (AvgIpc) is 3.27. The Morgan fingerprint density at radius 1 is 1.25 bits per heavy atom. The molecule has 6 heteroatoms. The first-order chi connectivity index (χ1) is 11.2. The van der Waals surface area contributed by atoms with Crippen molar-refractivity contribution in [3.8, 4) is 11.5 Å². The average molecular weight is 349 g/mol. The van der Waals surface area contributed by atoms with Crippen molar-refractivity contribution in [1.82, 2.24) is 15.0 Å². The molecule has 4 rings (SSSR count). The molecule has 1 aromatic heterocycles. The summed E-state index contributed by atoms with van der Waals surface area (Å²) in [7, 11) is 0. The van der Waals surface area contributed by atoms with Gasteiger partial charge >= 0.3 is 0 Å². The third-order valence-electron chi connectivity index (χ3n) is 5.17. The lowest BCUT2D eigenvalue weighted by Crippen LogP contribution is -2.44. The summed E-state index contributed by atoms with van der Waals surface area (Å²) in [6.45, 7) is 4.36. The molecule has 1 aromatic carbocycles. The fourth-order valence-corrected chi connectivity index (χ4v) is 3.25. The Labute approximate surface area is 149 Å². The van der Waals surface area contributed by atoms with Gasteiger partial charge in [-0.1, -0.05) is 24.2 Å². The maximum Gasteiger partial charge on any atom is 0.257 e. The topological polar surface area (TPSA) is 68.2 Å². The molecule has 0 spiro atoms. The molecule has 0 amide bonds. The maximum atomic E-state index is 6.25. The highest BCUT2D eigenvalue weighted by Crippen LogP contribution is 2.37. The molecule has 0 bridgehead atoms. The van der Waals surface area contributed by atoms with Crippen molar-refractivity contribution in [3.05, 3.63) is 35.7 Å². The fraction of sp³-hybridized carbons (Fsp3) is 0.556. The van der Waals surface area contributed by atoms with Crippen molar-refractivity contribution >= 4 is 12.4 Å². The maximum absolute atomic E-state index is 6.25. The molecule has 2 fully saturated rings. The molecular weight excluding hydrogens is 324 g/mol. The predicted octanol–water partition coefficient (Wildman–Crippen LogP) is 3.48. The van der Waals surface area contributed by atoms with Crippen LogP contribution < -0.4 is 5.73 Å². The Kier molecular flexibility index (Phi) is 4.95. The Balaban J connectivity index is 0.00000169. The van der Waals surface area contributed by atoms with E-state index >= 15 is 0 Å². The van der Waals surface area contributed by atoms with E-state index in [0.29, 0.717) is 11.7 Å². The molecule has 2 N–H and O–H groups in total. The van der Waals surface area contributed by atoms with Crippen molar-refractivity contribution in [2.45, 2.75) is 57.2 Å². The van der Waals surface area contributed by atoms with Gasteiger partial charge < -0.3 is 10.3 Å². The zero-order chi connectivity index (χ0) is 15.9. The molecule has 24 heavy (non-hydrogen) atoms. The van der Waals surface area contributed by atoms with Crippen LogP contribution in [-0.4, -0.2) is 27.6 Å². The zero-order valence-corrected chi connectivity index (χ0v) is 14.9. The highest BCUT2D eigenvalue weighted by Gasteiger charge is 2.39. The number of nitrogens with zero attached hydrogens (tertiary/aromatic N) is 3. The number of rotatable bonds is 6. The minimum Gasteiger partial charge on any atom is -0.334 e. The van der Waals surface area contributed by atoms with Crippen molar-refractivity contribution in [2.24, 2.45) is 5.73 Å². The number of nitrogens with two attached hydrogens (primary N) is 1. The molecule has 1 heterocycles. The third kappa shape index (κ3) is 3.34. The largest absolute Gasteiger partial charge is 0.334 e. The Hall–Kier alpha value is -1.43. The molecule has 2 aliphatic rings. The van der Waals surface area contributed by atoms with Gasteiger partial charge in [0.05, 0.1) is 5.54 Å². The lowest BCUT2D eigenvalue weighted by atomic mass is 9.77. The van der Waals surface area contributed by atoms with Gasteiger partial charge in [0.25, 0.3) is 5.89 Å². The summed E-state index contributed by atoms with van der Waals surface area (Å²) >= 11 is 0. The first-order valence-electron chi connectivity index (χ1n) is 8.64. The monoisotopic (exact) mass is 348 g/mol. The number of aromatic nitrogens is 2. The van der Waals surface area contributed by atoms with Gasteiger partial charge in [0, 0.05) is 18.2 Å². The van der Waals surface area contributed by atoms with Crippen molar-refractivity contribution in [3.63, 3.8) is 0 Å². The van der Waals surface area contributed by atoms with E-state index in [2.05, 4.69) is 46.2 Å². The molecule has 0 radical (unpaired) electrons. The zero-order valence-electron chi connectivity index (χ0n) is 14.1. The van der Waals surface area contributed by atoms with Gasteiger partial charge in [-0.25, -0.2) is 0 Å². The first kappa shape index (κ1) is 17.4. The molecule has 2 saturated carbocycles. The lowest BCUT2D eigenvalue weighted by Gasteiger charge is -2.34.